The molecule has 1 heteroatoms. The zero-order chi connectivity index (χ0) is 16.0. The Balaban J connectivity index is 1.87. The molecule has 0 unspecified atom stereocenters. The summed E-state index contributed by atoms with van der Waals surface area (Å²) < 4.78 is 0. The summed E-state index contributed by atoms with van der Waals surface area (Å²) in [6.07, 6.45) is 4.47. The maximum atomic E-state index is 3.71. The van der Waals surface area contributed by atoms with E-state index in [1.165, 1.54) is 44.4 Å². The fourth-order valence-corrected chi connectivity index (χ4v) is 3.84. The van der Waals surface area contributed by atoms with E-state index in [4.69, 9.17) is 0 Å². The lowest BCUT2D eigenvalue weighted by Crippen LogP contribution is -2.01. The van der Waals surface area contributed by atoms with Gasteiger partial charge in [0.2, 0.25) is 0 Å². The molecule has 1 nitrogen and oxygen atoms in total. The zero-order valence-electron chi connectivity index (χ0n) is 14.4. The van der Waals surface area contributed by atoms with E-state index in [1.54, 1.807) is 0 Å². The standard InChI is InChI=1S/C22H25N/c1-14(2)21-13-20-18-9-8-17-6-4-16(12-15(17)3)5-7-19(11-10-18)22(20)23-21/h4,6,10-14,23H,5,7-9H2,1-3H3. The smallest absolute Gasteiger partial charge is 0.0491 e. The van der Waals surface area contributed by atoms with Gasteiger partial charge in [0.15, 0.2) is 0 Å². The first-order chi connectivity index (χ1) is 11.1. The van der Waals surface area contributed by atoms with Crippen molar-refractivity contribution in [3.8, 4) is 0 Å². The van der Waals surface area contributed by atoms with Gasteiger partial charge in [-0.05, 0) is 72.4 Å². The number of benzene rings is 2. The van der Waals surface area contributed by atoms with Crippen molar-refractivity contribution in [1.29, 1.82) is 0 Å². The summed E-state index contributed by atoms with van der Waals surface area (Å²) in [5.41, 5.74) is 10.1. The van der Waals surface area contributed by atoms with Gasteiger partial charge in [0.1, 0.15) is 0 Å². The molecule has 1 aromatic heterocycles. The van der Waals surface area contributed by atoms with Crippen LogP contribution in [0.3, 0.4) is 0 Å². The molecular formula is C22H25N. The van der Waals surface area contributed by atoms with Gasteiger partial charge in [0.25, 0.3) is 0 Å². The van der Waals surface area contributed by atoms with E-state index in [0.717, 1.165) is 25.7 Å². The van der Waals surface area contributed by atoms with E-state index < -0.39 is 0 Å². The van der Waals surface area contributed by atoms with Crippen molar-refractivity contribution in [3.05, 3.63) is 69.9 Å². The third-order valence-electron chi connectivity index (χ3n) is 5.37. The van der Waals surface area contributed by atoms with Crippen molar-refractivity contribution in [2.45, 2.75) is 52.4 Å². The van der Waals surface area contributed by atoms with Crippen molar-refractivity contribution >= 4 is 10.9 Å². The normalized spacial score (nSPS) is 14.4. The first-order valence-corrected chi connectivity index (χ1v) is 8.83. The Morgan fingerprint density at radius 1 is 0.826 bits per heavy atom. The molecule has 4 aliphatic carbocycles. The van der Waals surface area contributed by atoms with Crippen LogP contribution in [0.25, 0.3) is 10.9 Å². The molecule has 1 N–H and O–H groups in total. The van der Waals surface area contributed by atoms with Gasteiger partial charge in [-0.2, -0.15) is 0 Å². The van der Waals surface area contributed by atoms with Crippen molar-refractivity contribution < 1.29 is 0 Å². The van der Waals surface area contributed by atoms with E-state index in [0.29, 0.717) is 5.92 Å². The first-order valence-electron chi connectivity index (χ1n) is 8.83. The number of hydrogen-bond donors (Lipinski definition) is 1. The van der Waals surface area contributed by atoms with Crippen molar-refractivity contribution in [2.24, 2.45) is 0 Å². The summed E-state index contributed by atoms with van der Waals surface area (Å²) in [5, 5.41) is 1.44. The monoisotopic (exact) mass is 303 g/mol. The summed E-state index contributed by atoms with van der Waals surface area (Å²) in [4.78, 5) is 3.71. The van der Waals surface area contributed by atoms with Gasteiger partial charge in [-0.15, -0.1) is 0 Å². The largest absolute Gasteiger partial charge is 0.358 e. The van der Waals surface area contributed by atoms with Crippen LogP contribution in [0.5, 0.6) is 0 Å². The van der Waals surface area contributed by atoms with Crippen LogP contribution in [-0.2, 0) is 25.7 Å². The molecule has 0 aliphatic heterocycles. The SMILES string of the molecule is Cc1cc2ccc1CCc1ccc(c3[nH]c(C(C)C)cc13)CC2. The van der Waals surface area contributed by atoms with Gasteiger partial charge in [0, 0.05) is 16.6 Å². The molecule has 0 fully saturated rings. The fourth-order valence-electron chi connectivity index (χ4n) is 3.84. The van der Waals surface area contributed by atoms with Crippen LogP contribution < -0.4 is 0 Å². The predicted molar refractivity (Wildman–Crippen MR) is 98.4 cm³/mol. The van der Waals surface area contributed by atoms with E-state index in [-0.39, 0.29) is 0 Å². The Kier molecular flexibility index (Phi) is 3.52. The topological polar surface area (TPSA) is 15.8 Å². The zero-order valence-corrected chi connectivity index (χ0v) is 14.4. The van der Waals surface area contributed by atoms with Crippen LogP contribution in [0.15, 0.2) is 36.4 Å². The van der Waals surface area contributed by atoms with Crippen molar-refractivity contribution in [3.63, 3.8) is 0 Å². The second kappa shape index (κ2) is 5.56. The van der Waals surface area contributed by atoms with E-state index in [2.05, 4.69) is 62.2 Å². The average Bonchev–Trinajstić information content (AvgIpc) is 2.96. The van der Waals surface area contributed by atoms with Crippen molar-refractivity contribution in [2.75, 3.05) is 0 Å². The molecule has 4 bridgehead atoms. The average molecular weight is 303 g/mol. The van der Waals surface area contributed by atoms with Gasteiger partial charge in [-0.25, -0.2) is 0 Å². The fraction of sp³-hybridized carbons (Fsp3) is 0.364. The third kappa shape index (κ3) is 2.59. The van der Waals surface area contributed by atoms with Gasteiger partial charge >= 0.3 is 0 Å². The molecule has 3 aromatic rings. The number of aromatic nitrogens is 1. The van der Waals surface area contributed by atoms with Gasteiger partial charge in [-0.3, -0.25) is 0 Å². The molecule has 0 radical (unpaired) electrons. The molecule has 0 spiro atoms. The molecule has 1 heterocycles. The molecule has 118 valence electrons. The summed E-state index contributed by atoms with van der Waals surface area (Å²) in [7, 11) is 0. The number of nitrogens with one attached hydrogen (secondary N) is 1. The molecule has 0 saturated carbocycles. The van der Waals surface area contributed by atoms with Gasteiger partial charge < -0.3 is 4.98 Å². The van der Waals surface area contributed by atoms with Gasteiger partial charge in [0.05, 0.1) is 0 Å². The van der Waals surface area contributed by atoms with Gasteiger partial charge in [-0.1, -0.05) is 44.2 Å². The minimum Gasteiger partial charge on any atom is -0.358 e. The third-order valence-corrected chi connectivity index (χ3v) is 5.37. The Morgan fingerprint density at radius 3 is 2.30 bits per heavy atom. The van der Waals surface area contributed by atoms with Crippen LogP contribution in [0.2, 0.25) is 0 Å². The van der Waals surface area contributed by atoms with Crippen LogP contribution in [0, 0.1) is 6.92 Å². The molecule has 2 aromatic carbocycles. The lowest BCUT2D eigenvalue weighted by Gasteiger charge is -2.13. The van der Waals surface area contributed by atoms with Crippen LogP contribution >= 0.6 is 0 Å². The number of hydrogen-bond acceptors (Lipinski definition) is 0. The highest BCUT2D eigenvalue weighted by Gasteiger charge is 2.14. The van der Waals surface area contributed by atoms with Crippen LogP contribution in [-0.4, -0.2) is 4.98 Å². The number of rotatable bonds is 1. The Morgan fingerprint density at radius 2 is 1.52 bits per heavy atom. The minimum atomic E-state index is 0.546. The summed E-state index contributed by atoms with van der Waals surface area (Å²) in [5.74, 6) is 0.546. The highest BCUT2D eigenvalue weighted by Crippen LogP contribution is 2.30. The lowest BCUT2D eigenvalue weighted by atomic mass is 9.92. The van der Waals surface area contributed by atoms with Crippen LogP contribution in [0.1, 0.15) is 53.3 Å². The quantitative estimate of drug-likeness (QED) is 0.612. The maximum Gasteiger partial charge on any atom is 0.0491 e. The van der Waals surface area contributed by atoms with E-state index in [1.807, 2.05) is 0 Å². The number of aryl methyl sites for hydroxylation is 5. The highest BCUT2D eigenvalue weighted by atomic mass is 14.7. The molecule has 0 amide bonds. The maximum absolute atomic E-state index is 3.71. The predicted octanol–water partition coefficient (Wildman–Crippen LogP) is 5.48. The summed E-state index contributed by atoms with van der Waals surface area (Å²) >= 11 is 0. The molecule has 23 heavy (non-hydrogen) atoms. The van der Waals surface area contributed by atoms with E-state index >= 15 is 0 Å². The minimum absolute atomic E-state index is 0.546. The molecular weight excluding hydrogens is 278 g/mol. The molecule has 7 rings (SSSR count). The lowest BCUT2D eigenvalue weighted by molar-refractivity contribution is 0.835. The Hall–Kier alpha value is -2.02. The first kappa shape index (κ1) is 14.6. The van der Waals surface area contributed by atoms with Crippen molar-refractivity contribution in [1.82, 2.24) is 4.98 Å². The number of H-pyrrole nitrogens is 1. The Bertz CT molecular complexity index is 867. The molecule has 0 atom stereocenters. The summed E-state index contributed by atoms with van der Waals surface area (Å²) in [6.45, 7) is 6.79. The van der Waals surface area contributed by atoms with Crippen LogP contribution in [0.4, 0.5) is 0 Å². The number of aromatic amines is 1. The van der Waals surface area contributed by atoms with E-state index in [9.17, 15) is 0 Å². The molecule has 4 aliphatic rings. The second-order valence-electron chi connectivity index (χ2n) is 7.31. The summed E-state index contributed by atoms with van der Waals surface area (Å²) in [6, 6.07) is 14.1. The Labute approximate surface area is 138 Å². The highest BCUT2D eigenvalue weighted by molar-refractivity contribution is 5.87. The second-order valence-corrected chi connectivity index (χ2v) is 7.31. The molecule has 0 saturated heterocycles.